The van der Waals surface area contributed by atoms with Crippen LogP contribution in [-0.4, -0.2) is 37.2 Å². The van der Waals surface area contributed by atoms with E-state index in [1.54, 1.807) is 0 Å². The number of methoxy groups -OCH3 is 1. The van der Waals surface area contributed by atoms with Crippen molar-refractivity contribution in [3.8, 4) is 11.5 Å². The zero-order valence-electron chi connectivity index (χ0n) is 14.2. The Morgan fingerprint density at radius 3 is 2.68 bits per heavy atom. The van der Waals surface area contributed by atoms with Gasteiger partial charge in [-0.25, -0.2) is 15.0 Å². The number of aryl methyl sites for hydroxylation is 1. The Balaban J connectivity index is 2.27. The monoisotopic (exact) mass is 473 g/mol. The van der Waals surface area contributed by atoms with E-state index >= 15 is 0 Å². The van der Waals surface area contributed by atoms with Crippen LogP contribution in [0.3, 0.4) is 0 Å². The van der Waals surface area contributed by atoms with Crippen molar-refractivity contribution in [2.24, 2.45) is 12.5 Å². The number of fused-ring (bicyclic) bond motifs is 1. The molecule has 0 aromatic carbocycles. The molecule has 0 N–H and O–H groups in total. The Hall–Kier alpha value is -1.68. The van der Waals surface area contributed by atoms with Crippen LogP contribution >= 0.6 is 34.2 Å². The van der Waals surface area contributed by atoms with Gasteiger partial charge < -0.3 is 13.9 Å². The predicted molar refractivity (Wildman–Crippen MR) is 103 cm³/mol. The lowest BCUT2D eigenvalue weighted by Gasteiger charge is -2.23. The molecule has 0 saturated carbocycles. The van der Waals surface area contributed by atoms with Crippen molar-refractivity contribution in [3.05, 3.63) is 27.3 Å². The minimum absolute atomic E-state index is 0.291. The van der Waals surface area contributed by atoms with Gasteiger partial charge in [-0.15, -0.1) is 0 Å². The third-order valence-electron chi connectivity index (χ3n) is 3.99. The van der Waals surface area contributed by atoms with E-state index in [0.717, 1.165) is 5.69 Å². The van der Waals surface area contributed by atoms with E-state index in [-0.39, 0.29) is 5.97 Å². The van der Waals surface area contributed by atoms with E-state index in [1.807, 2.05) is 70.9 Å². The number of hydrogen-bond donors (Lipinski definition) is 0. The second-order valence-corrected chi connectivity index (χ2v) is 7.68. The van der Waals surface area contributed by atoms with Gasteiger partial charge in [0, 0.05) is 42.4 Å². The summed E-state index contributed by atoms with van der Waals surface area (Å²) in [6, 6.07) is 3.89. The van der Waals surface area contributed by atoms with Crippen LogP contribution in [0.4, 0.5) is 0 Å². The molecule has 0 aliphatic heterocycles. The maximum absolute atomic E-state index is 12.2. The molecule has 3 aromatic rings. The topological polar surface area (TPSA) is 74.8 Å². The lowest BCUT2D eigenvalue weighted by Crippen LogP contribution is -2.31. The minimum atomic E-state index is -0.759. The van der Waals surface area contributed by atoms with Crippen molar-refractivity contribution in [3.63, 3.8) is 0 Å². The standard InChI is InChI=1S/C16H17ClIN5O2/c1-16(2,14(24)25-4)8-23-12(9-6-5-7-22(9)3)19-10-11(17)20-15(18)21-13(10)23/h5-7H,8H2,1-4H3. The molecule has 0 fully saturated rings. The molecular weight excluding hydrogens is 457 g/mol. The first-order valence-corrected chi connectivity index (χ1v) is 8.99. The first-order chi connectivity index (χ1) is 11.7. The van der Waals surface area contributed by atoms with Crippen LogP contribution < -0.4 is 0 Å². The fourth-order valence-electron chi connectivity index (χ4n) is 2.72. The van der Waals surface area contributed by atoms with Gasteiger partial charge in [-0.3, -0.25) is 4.79 Å². The average molecular weight is 474 g/mol. The van der Waals surface area contributed by atoms with E-state index in [2.05, 4.69) is 15.0 Å². The number of hydrogen-bond acceptors (Lipinski definition) is 5. The summed E-state index contributed by atoms with van der Waals surface area (Å²) in [6.07, 6.45) is 1.93. The molecule has 7 nitrogen and oxygen atoms in total. The SMILES string of the molecule is COC(=O)C(C)(C)Cn1c(-c2cccn2C)nc2c(Cl)nc(I)nc21. The lowest BCUT2D eigenvalue weighted by atomic mass is 9.93. The molecule has 0 radical (unpaired) electrons. The summed E-state index contributed by atoms with van der Waals surface area (Å²) < 4.78 is 9.31. The van der Waals surface area contributed by atoms with Crippen molar-refractivity contribution < 1.29 is 9.53 Å². The summed E-state index contributed by atoms with van der Waals surface area (Å²) in [5, 5.41) is 0.291. The van der Waals surface area contributed by atoms with Crippen LogP contribution in [0.5, 0.6) is 0 Å². The van der Waals surface area contributed by atoms with E-state index in [1.165, 1.54) is 7.11 Å². The fourth-order valence-corrected chi connectivity index (χ4v) is 3.54. The number of nitrogens with zero attached hydrogens (tertiary/aromatic N) is 5. The van der Waals surface area contributed by atoms with Crippen LogP contribution in [-0.2, 0) is 23.1 Å². The van der Waals surface area contributed by atoms with Gasteiger partial charge in [0.15, 0.2) is 20.5 Å². The van der Waals surface area contributed by atoms with Crippen molar-refractivity contribution in [1.29, 1.82) is 0 Å². The van der Waals surface area contributed by atoms with Gasteiger partial charge in [-0.05, 0) is 26.0 Å². The number of carbonyl (C=O) groups is 1. The quantitative estimate of drug-likeness (QED) is 0.252. The molecule has 0 unspecified atom stereocenters. The molecule has 25 heavy (non-hydrogen) atoms. The van der Waals surface area contributed by atoms with E-state index in [9.17, 15) is 4.79 Å². The molecule has 9 heteroatoms. The fraction of sp³-hybridized carbons (Fsp3) is 0.375. The highest BCUT2D eigenvalue weighted by Crippen LogP contribution is 2.31. The third kappa shape index (κ3) is 3.24. The molecular formula is C16H17ClIN5O2. The molecule has 3 aromatic heterocycles. The number of imidazole rings is 1. The van der Waals surface area contributed by atoms with Crippen molar-refractivity contribution in [1.82, 2.24) is 24.1 Å². The van der Waals surface area contributed by atoms with Gasteiger partial charge in [-0.1, -0.05) is 11.6 Å². The van der Waals surface area contributed by atoms with Crippen LogP contribution in [0.2, 0.25) is 5.15 Å². The molecule has 0 bridgehead atoms. The molecule has 3 rings (SSSR count). The molecule has 0 atom stereocenters. The number of rotatable bonds is 4. The number of aromatic nitrogens is 5. The van der Waals surface area contributed by atoms with Gasteiger partial charge in [0.2, 0.25) is 0 Å². The maximum atomic E-state index is 12.2. The summed E-state index contributed by atoms with van der Waals surface area (Å²) in [7, 11) is 3.32. The van der Waals surface area contributed by atoms with Crippen molar-refractivity contribution >= 4 is 51.3 Å². The maximum Gasteiger partial charge on any atom is 0.313 e. The summed E-state index contributed by atoms with van der Waals surface area (Å²) in [5.41, 5.74) is 1.24. The van der Waals surface area contributed by atoms with Gasteiger partial charge in [0.25, 0.3) is 0 Å². The summed E-state index contributed by atoms with van der Waals surface area (Å²) >= 11 is 8.29. The summed E-state index contributed by atoms with van der Waals surface area (Å²) in [6.45, 7) is 4.00. The van der Waals surface area contributed by atoms with Crippen molar-refractivity contribution in [2.45, 2.75) is 20.4 Å². The normalized spacial score (nSPS) is 11.9. The lowest BCUT2D eigenvalue weighted by molar-refractivity contribution is -0.151. The van der Waals surface area contributed by atoms with E-state index < -0.39 is 5.41 Å². The molecule has 132 valence electrons. The number of ether oxygens (including phenoxy) is 1. The molecule has 3 heterocycles. The Morgan fingerprint density at radius 1 is 1.36 bits per heavy atom. The molecule has 0 amide bonds. The zero-order valence-corrected chi connectivity index (χ0v) is 17.2. The third-order valence-corrected chi connectivity index (χ3v) is 4.74. The zero-order chi connectivity index (χ0) is 18.4. The largest absolute Gasteiger partial charge is 0.469 e. The first kappa shape index (κ1) is 18.1. The highest BCUT2D eigenvalue weighted by molar-refractivity contribution is 14.1. The molecule has 0 aliphatic rings. The number of esters is 1. The molecule has 0 aliphatic carbocycles. The van der Waals surface area contributed by atoms with Crippen molar-refractivity contribution in [2.75, 3.05) is 7.11 Å². The Labute approximate surface area is 163 Å². The predicted octanol–water partition coefficient (Wildman–Crippen LogP) is 3.29. The summed E-state index contributed by atoms with van der Waals surface area (Å²) in [5.74, 6) is 0.375. The Kier molecular flexibility index (Phi) is 4.76. The second kappa shape index (κ2) is 6.56. The van der Waals surface area contributed by atoms with Crippen LogP contribution in [0, 0.1) is 9.25 Å². The Bertz CT molecular complexity index is 963. The van der Waals surface area contributed by atoms with Gasteiger partial charge >= 0.3 is 5.97 Å². The second-order valence-electron chi connectivity index (χ2n) is 6.36. The van der Waals surface area contributed by atoms with Crippen LogP contribution in [0.15, 0.2) is 18.3 Å². The van der Waals surface area contributed by atoms with Gasteiger partial charge in [0.05, 0.1) is 18.2 Å². The smallest absolute Gasteiger partial charge is 0.313 e. The first-order valence-electron chi connectivity index (χ1n) is 7.54. The number of halogens is 2. The number of carbonyl (C=O) groups excluding carboxylic acids is 1. The van der Waals surface area contributed by atoms with E-state index in [4.69, 9.17) is 16.3 Å². The van der Waals surface area contributed by atoms with Crippen LogP contribution in [0.25, 0.3) is 22.7 Å². The molecule has 0 saturated heterocycles. The molecule has 0 spiro atoms. The summed E-state index contributed by atoms with van der Waals surface area (Å²) in [4.78, 5) is 25.5. The average Bonchev–Trinajstić information content (AvgIpc) is 3.10. The van der Waals surface area contributed by atoms with E-state index in [0.29, 0.717) is 32.5 Å². The highest BCUT2D eigenvalue weighted by atomic mass is 127. The highest BCUT2D eigenvalue weighted by Gasteiger charge is 2.32. The Morgan fingerprint density at radius 2 is 2.08 bits per heavy atom. The van der Waals surface area contributed by atoms with Gasteiger partial charge in [-0.2, -0.15) is 0 Å². The van der Waals surface area contributed by atoms with Crippen LogP contribution in [0.1, 0.15) is 13.8 Å². The van der Waals surface area contributed by atoms with Gasteiger partial charge in [0.1, 0.15) is 5.52 Å². The minimum Gasteiger partial charge on any atom is -0.469 e.